The van der Waals surface area contributed by atoms with Crippen LogP contribution in [0.2, 0.25) is 0 Å². The van der Waals surface area contributed by atoms with E-state index in [1.165, 1.54) is 16.7 Å². The zero-order chi connectivity index (χ0) is 20.3. The molecule has 0 spiro atoms. The second-order valence-corrected chi connectivity index (χ2v) is 7.35. The molecule has 0 aliphatic carbocycles. The molecule has 2 aromatic carbocycles. The molecule has 0 aromatic heterocycles. The third-order valence-corrected chi connectivity index (χ3v) is 5.41. The maximum Gasteiger partial charge on any atom is 0.270 e. The van der Waals surface area contributed by atoms with Gasteiger partial charge in [-0.2, -0.15) is 0 Å². The molecule has 0 radical (unpaired) electrons. The number of nitrogens with zero attached hydrogens (tertiary/aromatic N) is 1. The summed E-state index contributed by atoms with van der Waals surface area (Å²) in [4.78, 5) is 15.0. The predicted octanol–water partition coefficient (Wildman–Crippen LogP) is 4.13. The van der Waals surface area contributed by atoms with Crippen molar-refractivity contribution in [2.24, 2.45) is 0 Å². The molecule has 0 bridgehead atoms. The summed E-state index contributed by atoms with van der Waals surface area (Å²) in [5.41, 5.74) is 1.43. The molecular weight excluding hydrogens is 398 g/mol. The number of carbonyl (C=O) groups excluding carboxylic acids is 1. The summed E-state index contributed by atoms with van der Waals surface area (Å²) in [5, 5.41) is 0. The number of benzene rings is 2. The lowest BCUT2D eigenvalue weighted by atomic mass is 10.1. The normalized spacial score (nSPS) is 15.1. The molecule has 1 amide bonds. The van der Waals surface area contributed by atoms with Gasteiger partial charge in [0.05, 0.1) is 39.0 Å². The Labute approximate surface area is 173 Å². The summed E-state index contributed by atoms with van der Waals surface area (Å²) in [5.74, 6) is 2.04. The fourth-order valence-corrected chi connectivity index (χ4v) is 4.06. The molecule has 0 saturated carbocycles. The molecule has 8 heteroatoms. The van der Waals surface area contributed by atoms with Crippen molar-refractivity contribution in [2.75, 3.05) is 33.3 Å². The van der Waals surface area contributed by atoms with Gasteiger partial charge < -0.3 is 18.9 Å². The quantitative estimate of drug-likeness (QED) is 0.517. The summed E-state index contributed by atoms with van der Waals surface area (Å²) in [6.45, 7) is 0. The molecule has 1 saturated heterocycles. The first-order valence-corrected chi connectivity index (χ1v) is 9.46. The van der Waals surface area contributed by atoms with E-state index >= 15 is 0 Å². The maximum atomic E-state index is 12.9. The highest BCUT2D eigenvalue weighted by atomic mass is 32.2. The van der Waals surface area contributed by atoms with Crippen molar-refractivity contribution in [3.63, 3.8) is 0 Å². The van der Waals surface area contributed by atoms with Gasteiger partial charge in [-0.1, -0.05) is 24.0 Å². The van der Waals surface area contributed by atoms with E-state index in [1.807, 2.05) is 0 Å². The van der Waals surface area contributed by atoms with Gasteiger partial charge in [0.25, 0.3) is 5.91 Å². The predicted molar refractivity (Wildman–Crippen MR) is 115 cm³/mol. The minimum Gasteiger partial charge on any atom is -0.497 e. The lowest BCUT2D eigenvalue weighted by Crippen LogP contribution is -2.27. The molecule has 28 heavy (non-hydrogen) atoms. The van der Waals surface area contributed by atoms with Crippen molar-refractivity contribution in [1.82, 2.24) is 0 Å². The van der Waals surface area contributed by atoms with E-state index in [4.69, 9.17) is 31.2 Å². The zero-order valence-corrected chi connectivity index (χ0v) is 17.5. The monoisotopic (exact) mass is 417 g/mol. The summed E-state index contributed by atoms with van der Waals surface area (Å²) >= 11 is 6.66. The van der Waals surface area contributed by atoms with Crippen molar-refractivity contribution < 1.29 is 23.7 Å². The van der Waals surface area contributed by atoms with E-state index in [0.29, 0.717) is 37.9 Å². The number of thiocarbonyl (C=S) groups is 1. The number of amides is 1. The van der Waals surface area contributed by atoms with Gasteiger partial charge in [-0.25, -0.2) is 0 Å². The summed E-state index contributed by atoms with van der Waals surface area (Å²) < 4.78 is 21.7. The highest BCUT2D eigenvalue weighted by Crippen LogP contribution is 2.41. The minimum absolute atomic E-state index is 0.186. The van der Waals surface area contributed by atoms with E-state index in [1.54, 1.807) is 70.9 Å². The Hall–Kier alpha value is -2.71. The summed E-state index contributed by atoms with van der Waals surface area (Å²) in [7, 11) is 6.23. The first-order chi connectivity index (χ1) is 13.5. The number of hydrogen-bond acceptors (Lipinski definition) is 7. The molecule has 0 N–H and O–H groups in total. The third kappa shape index (κ3) is 3.79. The van der Waals surface area contributed by atoms with Crippen molar-refractivity contribution in [3.8, 4) is 23.0 Å². The molecule has 1 heterocycles. The molecule has 6 nitrogen and oxygen atoms in total. The number of thioether (sulfide) groups is 1. The van der Waals surface area contributed by atoms with Crippen LogP contribution in [0.15, 0.2) is 41.3 Å². The number of hydrogen-bond donors (Lipinski definition) is 0. The summed E-state index contributed by atoms with van der Waals surface area (Å²) in [6.07, 6.45) is 1.76. The lowest BCUT2D eigenvalue weighted by Gasteiger charge is -2.15. The van der Waals surface area contributed by atoms with Crippen LogP contribution in [0.1, 0.15) is 5.56 Å². The van der Waals surface area contributed by atoms with Crippen LogP contribution < -0.4 is 23.8 Å². The van der Waals surface area contributed by atoms with Crippen LogP contribution >= 0.6 is 24.0 Å². The number of ether oxygens (including phenoxy) is 4. The second kappa shape index (κ2) is 8.53. The minimum atomic E-state index is -0.186. The second-order valence-electron chi connectivity index (χ2n) is 5.67. The molecule has 146 valence electrons. The van der Waals surface area contributed by atoms with Crippen LogP contribution in [0, 0.1) is 0 Å². The maximum absolute atomic E-state index is 12.9. The Kier molecular flexibility index (Phi) is 6.11. The largest absolute Gasteiger partial charge is 0.497 e. The van der Waals surface area contributed by atoms with Gasteiger partial charge in [0.2, 0.25) is 5.75 Å². The van der Waals surface area contributed by atoms with Gasteiger partial charge >= 0.3 is 0 Å². The average molecular weight is 418 g/mol. The average Bonchev–Trinajstić information content (AvgIpc) is 3.00. The number of rotatable bonds is 6. The van der Waals surface area contributed by atoms with E-state index in [-0.39, 0.29) is 5.91 Å². The number of methoxy groups -OCH3 is 4. The van der Waals surface area contributed by atoms with Crippen LogP contribution in [0.4, 0.5) is 5.69 Å². The molecule has 1 fully saturated rings. The molecule has 2 aromatic rings. The Balaban J connectivity index is 1.95. The molecule has 1 aliphatic rings. The molecular formula is C20H19NO5S2. The van der Waals surface area contributed by atoms with E-state index in [0.717, 1.165) is 5.56 Å². The van der Waals surface area contributed by atoms with Gasteiger partial charge in [0.1, 0.15) is 5.75 Å². The standard InChI is InChI=1S/C20H19NO5S2/c1-23-14-7-5-13(6-8-14)21-19(22)17(28-20(21)27)11-12-9-15(24-2)18(26-4)16(10-12)25-3/h5-11H,1-4H3/b17-11+. The Morgan fingerprint density at radius 1 is 0.929 bits per heavy atom. The van der Waals surface area contributed by atoms with Crippen LogP contribution in [-0.4, -0.2) is 38.7 Å². The first-order valence-electron chi connectivity index (χ1n) is 8.24. The van der Waals surface area contributed by atoms with Gasteiger partial charge in [0, 0.05) is 0 Å². The topological polar surface area (TPSA) is 57.2 Å². The van der Waals surface area contributed by atoms with E-state index in [2.05, 4.69) is 0 Å². The van der Waals surface area contributed by atoms with Crippen LogP contribution in [0.3, 0.4) is 0 Å². The fraction of sp³-hybridized carbons (Fsp3) is 0.200. The Bertz CT molecular complexity index is 915. The Morgan fingerprint density at radius 2 is 1.54 bits per heavy atom. The first kappa shape index (κ1) is 20.0. The highest BCUT2D eigenvalue weighted by molar-refractivity contribution is 8.27. The molecule has 0 atom stereocenters. The third-order valence-electron chi connectivity index (χ3n) is 4.11. The Morgan fingerprint density at radius 3 is 2.04 bits per heavy atom. The zero-order valence-electron chi connectivity index (χ0n) is 15.8. The van der Waals surface area contributed by atoms with E-state index in [9.17, 15) is 4.79 Å². The van der Waals surface area contributed by atoms with E-state index < -0.39 is 0 Å². The molecule has 0 unspecified atom stereocenters. The van der Waals surface area contributed by atoms with Crippen molar-refractivity contribution in [1.29, 1.82) is 0 Å². The van der Waals surface area contributed by atoms with Crippen LogP contribution in [0.25, 0.3) is 6.08 Å². The van der Waals surface area contributed by atoms with Gasteiger partial charge in [-0.15, -0.1) is 0 Å². The highest BCUT2D eigenvalue weighted by Gasteiger charge is 2.33. The van der Waals surface area contributed by atoms with Crippen molar-refractivity contribution in [2.45, 2.75) is 0 Å². The van der Waals surface area contributed by atoms with Gasteiger partial charge in [-0.05, 0) is 48.0 Å². The fourth-order valence-electron chi connectivity index (χ4n) is 2.76. The van der Waals surface area contributed by atoms with Crippen LogP contribution in [0.5, 0.6) is 23.0 Å². The van der Waals surface area contributed by atoms with Gasteiger partial charge in [-0.3, -0.25) is 9.69 Å². The van der Waals surface area contributed by atoms with Crippen molar-refractivity contribution >= 4 is 46.0 Å². The molecule has 1 aliphatic heterocycles. The summed E-state index contributed by atoms with van der Waals surface area (Å²) in [6, 6.07) is 10.7. The number of anilines is 1. The smallest absolute Gasteiger partial charge is 0.270 e. The van der Waals surface area contributed by atoms with Crippen LogP contribution in [-0.2, 0) is 4.79 Å². The lowest BCUT2D eigenvalue weighted by molar-refractivity contribution is -0.113. The number of carbonyl (C=O) groups is 1. The van der Waals surface area contributed by atoms with Gasteiger partial charge in [0.15, 0.2) is 15.8 Å². The molecule has 3 rings (SSSR count). The van der Waals surface area contributed by atoms with Crippen molar-refractivity contribution in [3.05, 3.63) is 46.9 Å². The SMILES string of the molecule is COc1ccc(N2C(=O)/C(=C\c3cc(OC)c(OC)c(OC)c3)SC2=S)cc1.